The standard InChI is InChI=1S/C14H20N2S/c1-14(2)7-9-16(10-8-14)12-6-4-3-5-11(12)13(15)17/h3-6H,7-10H2,1-2H3,(H2,15,17). The Hall–Kier alpha value is -1.09. The summed E-state index contributed by atoms with van der Waals surface area (Å²) in [6, 6.07) is 8.17. The fraction of sp³-hybridized carbons (Fsp3) is 0.500. The molecule has 1 aliphatic rings. The lowest BCUT2D eigenvalue weighted by Crippen LogP contribution is -2.38. The Balaban J connectivity index is 2.21. The highest BCUT2D eigenvalue weighted by Gasteiger charge is 2.26. The maximum Gasteiger partial charge on any atom is 0.106 e. The molecule has 92 valence electrons. The molecular formula is C14H20N2S. The van der Waals surface area contributed by atoms with Gasteiger partial charge in [0, 0.05) is 24.3 Å². The lowest BCUT2D eigenvalue weighted by molar-refractivity contribution is 0.280. The van der Waals surface area contributed by atoms with Crippen molar-refractivity contribution in [2.45, 2.75) is 26.7 Å². The molecule has 1 aliphatic heterocycles. The second kappa shape index (κ2) is 4.65. The molecule has 1 aromatic carbocycles. The van der Waals surface area contributed by atoms with Crippen LogP contribution in [0.3, 0.4) is 0 Å². The molecule has 0 aromatic heterocycles. The van der Waals surface area contributed by atoms with Gasteiger partial charge in [0.05, 0.1) is 0 Å². The van der Waals surface area contributed by atoms with Crippen molar-refractivity contribution < 1.29 is 0 Å². The third-order valence-electron chi connectivity index (χ3n) is 3.63. The molecule has 1 fully saturated rings. The van der Waals surface area contributed by atoms with Crippen LogP contribution >= 0.6 is 12.2 Å². The molecule has 0 saturated carbocycles. The van der Waals surface area contributed by atoms with Crippen LogP contribution in [0.5, 0.6) is 0 Å². The van der Waals surface area contributed by atoms with Gasteiger partial charge in [-0.3, -0.25) is 0 Å². The number of thiocarbonyl (C=S) groups is 1. The van der Waals surface area contributed by atoms with E-state index in [4.69, 9.17) is 18.0 Å². The first kappa shape index (κ1) is 12.4. The van der Waals surface area contributed by atoms with Crippen LogP contribution in [-0.4, -0.2) is 18.1 Å². The predicted octanol–water partition coefficient (Wildman–Crippen LogP) is 2.95. The maximum atomic E-state index is 5.78. The number of rotatable bonds is 2. The Labute approximate surface area is 109 Å². The van der Waals surface area contributed by atoms with Crippen molar-refractivity contribution in [3.8, 4) is 0 Å². The number of hydrogen-bond acceptors (Lipinski definition) is 2. The third-order valence-corrected chi connectivity index (χ3v) is 3.85. The molecule has 2 N–H and O–H groups in total. The van der Waals surface area contributed by atoms with E-state index in [0.717, 1.165) is 18.7 Å². The number of para-hydroxylation sites is 1. The maximum absolute atomic E-state index is 5.78. The summed E-state index contributed by atoms with van der Waals surface area (Å²) in [5, 5.41) is 0. The SMILES string of the molecule is CC1(C)CCN(c2ccccc2C(N)=S)CC1. The second-order valence-electron chi connectivity index (χ2n) is 5.53. The molecule has 1 aromatic rings. The van der Waals surface area contributed by atoms with Gasteiger partial charge in [-0.15, -0.1) is 0 Å². The van der Waals surface area contributed by atoms with Crippen molar-refractivity contribution in [1.82, 2.24) is 0 Å². The molecular weight excluding hydrogens is 228 g/mol. The van der Waals surface area contributed by atoms with Crippen LogP contribution in [0.15, 0.2) is 24.3 Å². The Kier molecular flexibility index (Phi) is 3.38. The van der Waals surface area contributed by atoms with E-state index >= 15 is 0 Å². The van der Waals surface area contributed by atoms with E-state index in [9.17, 15) is 0 Å². The minimum atomic E-state index is 0.467. The number of anilines is 1. The molecule has 3 heteroatoms. The summed E-state index contributed by atoms with van der Waals surface area (Å²) in [5.74, 6) is 0. The lowest BCUT2D eigenvalue weighted by Gasteiger charge is -2.38. The van der Waals surface area contributed by atoms with Crippen LogP contribution in [0.1, 0.15) is 32.3 Å². The highest BCUT2D eigenvalue weighted by Crippen LogP contribution is 2.33. The highest BCUT2D eigenvalue weighted by molar-refractivity contribution is 7.80. The van der Waals surface area contributed by atoms with Crippen molar-refractivity contribution in [1.29, 1.82) is 0 Å². The summed E-state index contributed by atoms with van der Waals surface area (Å²) < 4.78 is 0. The van der Waals surface area contributed by atoms with Gasteiger partial charge in [-0.05, 0) is 30.4 Å². The second-order valence-corrected chi connectivity index (χ2v) is 5.97. The van der Waals surface area contributed by atoms with Gasteiger partial charge < -0.3 is 10.6 Å². The van der Waals surface area contributed by atoms with Crippen LogP contribution in [-0.2, 0) is 0 Å². The van der Waals surface area contributed by atoms with Gasteiger partial charge in [0.1, 0.15) is 4.99 Å². The van der Waals surface area contributed by atoms with Gasteiger partial charge in [0.2, 0.25) is 0 Å². The molecule has 2 rings (SSSR count). The normalized spacial score (nSPS) is 19.1. The molecule has 0 unspecified atom stereocenters. The zero-order valence-corrected chi connectivity index (χ0v) is 11.4. The van der Waals surface area contributed by atoms with Crippen molar-refractivity contribution in [3.05, 3.63) is 29.8 Å². The fourth-order valence-corrected chi connectivity index (χ4v) is 2.48. The molecule has 0 bridgehead atoms. The Bertz CT molecular complexity index is 416. The van der Waals surface area contributed by atoms with Crippen LogP contribution in [0, 0.1) is 5.41 Å². The number of nitrogens with two attached hydrogens (primary N) is 1. The van der Waals surface area contributed by atoms with E-state index in [1.54, 1.807) is 0 Å². The van der Waals surface area contributed by atoms with Crippen LogP contribution in [0.2, 0.25) is 0 Å². The number of nitrogens with zero attached hydrogens (tertiary/aromatic N) is 1. The van der Waals surface area contributed by atoms with Gasteiger partial charge in [-0.1, -0.05) is 38.2 Å². The van der Waals surface area contributed by atoms with E-state index in [-0.39, 0.29) is 0 Å². The minimum Gasteiger partial charge on any atom is -0.389 e. The summed E-state index contributed by atoms with van der Waals surface area (Å²) in [4.78, 5) is 2.89. The predicted molar refractivity (Wildman–Crippen MR) is 77.6 cm³/mol. The molecule has 0 radical (unpaired) electrons. The average molecular weight is 248 g/mol. The van der Waals surface area contributed by atoms with Gasteiger partial charge in [-0.2, -0.15) is 0 Å². The Morgan fingerprint density at radius 1 is 1.24 bits per heavy atom. The molecule has 2 nitrogen and oxygen atoms in total. The summed E-state index contributed by atoms with van der Waals surface area (Å²) in [6.45, 7) is 6.85. The number of hydrogen-bond donors (Lipinski definition) is 1. The lowest BCUT2D eigenvalue weighted by atomic mass is 9.82. The zero-order chi connectivity index (χ0) is 12.5. The van der Waals surface area contributed by atoms with Crippen LogP contribution in [0.4, 0.5) is 5.69 Å². The summed E-state index contributed by atoms with van der Waals surface area (Å²) >= 11 is 5.12. The monoisotopic (exact) mass is 248 g/mol. The number of piperidine rings is 1. The largest absolute Gasteiger partial charge is 0.389 e. The quantitative estimate of drug-likeness (QED) is 0.816. The topological polar surface area (TPSA) is 29.3 Å². The fourth-order valence-electron chi connectivity index (χ4n) is 2.31. The van der Waals surface area contributed by atoms with Crippen molar-refractivity contribution >= 4 is 22.9 Å². The van der Waals surface area contributed by atoms with Gasteiger partial charge in [0.25, 0.3) is 0 Å². The number of benzene rings is 1. The molecule has 1 saturated heterocycles. The van der Waals surface area contributed by atoms with Crippen molar-refractivity contribution in [2.75, 3.05) is 18.0 Å². The molecule has 0 spiro atoms. The Morgan fingerprint density at radius 2 is 1.82 bits per heavy atom. The smallest absolute Gasteiger partial charge is 0.106 e. The molecule has 0 aliphatic carbocycles. The summed E-state index contributed by atoms with van der Waals surface area (Å²) in [5.41, 5.74) is 8.44. The van der Waals surface area contributed by atoms with E-state index < -0.39 is 0 Å². The highest BCUT2D eigenvalue weighted by atomic mass is 32.1. The molecule has 1 heterocycles. The minimum absolute atomic E-state index is 0.467. The van der Waals surface area contributed by atoms with E-state index in [0.29, 0.717) is 10.4 Å². The van der Waals surface area contributed by atoms with Gasteiger partial charge >= 0.3 is 0 Å². The van der Waals surface area contributed by atoms with E-state index in [2.05, 4.69) is 30.9 Å². The Morgan fingerprint density at radius 3 is 2.41 bits per heavy atom. The van der Waals surface area contributed by atoms with Gasteiger partial charge in [0.15, 0.2) is 0 Å². The average Bonchev–Trinajstić information content (AvgIpc) is 2.29. The molecule has 0 atom stereocenters. The van der Waals surface area contributed by atoms with E-state index in [1.165, 1.54) is 18.5 Å². The van der Waals surface area contributed by atoms with Crippen molar-refractivity contribution in [3.63, 3.8) is 0 Å². The molecule has 17 heavy (non-hydrogen) atoms. The molecule has 0 amide bonds. The first-order valence-electron chi connectivity index (χ1n) is 6.13. The van der Waals surface area contributed by atoms with Crippen molar-refractivity contribution in [2.24, 2.45) is 11.1 Å². The zero-order valence-electron chi connectivity index (χ0n) is 10.6. The van der Waals surface area contributed by atoms with E-state index in [1.807, 2.05) is 12.1 Å². The summed E-state index contributed by atoms with van der Waals surface area (Å²) in [6.07, 6.45) is 2.44. The van der Waals surface area contributed by atoms with Crippen LogP contribution < -0.4 is 10.6 Å². The third kappa shape index (κ3) is 2.78. The summed E-state index contributed by atoms with van der Waals surface area (Å²) in [7, 11) is 0. The van der Waals surface area contributed by atoms with Gasteiger partial charge in [-0.25, -0.2) is 0 Å². The first-order valence-corrected chi connectivity index (χ1v) is 6.54. The first-order chi connectivity index (χ1) is 7.99. The van der Waals surface area contributed by atoms with Crippen LogP contribution in [0.25, 0.3) is 0 Å².